The molecule has 0 aliphatic rings. The first kappa shape index (κ1) is 20.7. The fourth-order valence-corrected chi connectivity index (χ4v) is 4.23. The minimum Gasteiger partial charge on any atom is -0.363 e. The summed E-state index contributed by atoms with van der Waals surface area (Å²) in [7, 11) is 1.81. The highest BCUT2D eigenvalue weighted by Gasteiger charge is 2.16. The van der Waals surface area contributed by atoms with Crippen LogP contribution in [0.25, 0.3) is 0 Å². The summed E-state index contributed by atoms with van der Waals surface area (Å²) in [4.78, 5) is 12.0. The first-order valence-electron chi connectivity index (χ1n) is 8.72. The van der Waals surface area contributed by atoms with E-state index < -0.39 is 0 Å². The van der Waals surface area contributed by atoms with Crippen molar-refractivity contribution in [1.82, 2.24) is 15.5 Å². The normalized spacial score (nSPS) is 11.5. The van der Waals surface area contributed by atoms with Gasteiger partial charge in [0.25, 0.3) is 0 Å². The van der Waals surface area contributed by atoms with Crippen LogP contribution in [0.15, 0.2) is 16.5 Å². The Labute approximate surface area is 164 Å². The van der Waals surface area contributed by atoms with Crippen LogP contribution < -0.4 is 10.6 Å². The molecule has 1 amide bonds. The lowest BCUT2D eigenvalue weighted by molar-refractivity contribution is -0.118. The molecule has 0 fully saturated rings. The third-order valence-corrected chi connectivity index (χ3v) is 6.28. The number of anilines is 1. The minimum atomic E-state index is 0.0258. The molecule has 0 spiro atoms. The average Bonchev–Trinajstić information content (AvgIpc) is 3.02. The van der Waals surface area contributed by atoms with E-state index in [9.17, 15) is 4.79 Å². The molecule has 0 aliphatic heterocycles. The van der Waals surface area contributed by atoms with Crippen molar-refractivity contribution in [2.24, 2.45) is 0 Å². The Morgan fingerprint density at radius 1 is 1.19 bits per heavy atom. The standard InChI is InChI=1S/C19H28N4OS2/c1-12-9-14(19(3,4)5)10-13(2)15(12)7-8-21-16(24)11-25-18-23-22-17(20-6)26-18/h9-10H,7-8,11H2,1-6H3,(H,20,22)(H,21,24). The van der Waals surface area contributed by atoms with Gasteiger partial charge in [-0.2, -0.15) is 0 Å². The maximum Gasteiger partial charge on any atom is 0.230 e. The van der Waals surface area contributed by atoms with Crippen molar-refractivity contribution >= 4 is 34.1 Å². The van der Waals surface area contributed by atoms with Gasteiger partial charge in [0, 0.05) is 13.6 Å². The van der Waals surface area contributed by atoms with Crippen LogP contribution in [-0.2, 0) is 16.6 Å². The number of rotatable bonds is 7. The molecule has 2 N–H and O–H groups in total. The summed E-state index contributed by atoms with van der Waals surface area (Å²) < 4.78 is 0.800. The van der Waals surface area contributed by atoms with E-state index >= 15 is 0 Å². The topological polar surface area (TPSA) is 66.9 Å². The SMILES string of the molecule is CNc1nnc(SCC(=O)NCCc2c(C)cc(C(C)(C)C)cc2C)s1. The quantitative estimate of drug-likeness (QED) is 0.699. The van der Waals surface area contributed by atoms with Crippen LogP contribution in [0.4, 0.5) is 5.13 Å². The van der Waals surface area contributed by atoms with Crippen molar-refractivity contribution in [2.75, 3.05) is 24.7 Å². The molecule has 1 aromatic heterocycles. The number of nitrogens with one attached hydrogen (secondary N) is 2. The lowest BCUT2D eigenvalue weighted by atomic mass is 9.83. The summed E-state index contributed by atoms with van der Waals surface area (Å²) in [6.07, 6.45) is 0.848. The van der Waals surface area contributed by atoms with E-state index in [2.05, 4.69) is 67.6 Å². The Bertz CT molecular complexity index is 742. The van der Waals surface area contributed by atoms with Crippen molar-refractivity contribution in [3.05, 3.63) is 34.4 Å². The Kier molecular flexibility index (Phi) is 7.06. The van der Waals surface area contributed by atoms with Crippen LogP contribution >= 0.6 is 23.1 Å². The van der Waals surface area contributed by atoms with Gasteiger partial charge in [-0.05, 0) is 47.9 Å². The fourth-order valence-electron chi connectivity index (χ4n) is 2.70. The molecule has 0 saturated carbocycles. The number of benzene rings is 1. The van der Waals surface area contributed by atoms with E-state index in [0.29, 0.717) is 12.3 Å². The molecule has 2 aromatic rings. The van der Waals surface area contributed by atoms with Gasteiger partial charge in [-0.25, -0.2) is 0 Å². The number of nitrogens with zero attached hydrogens (tertiary/aromatic N) is 2. The maximum atomic E-state index is 12.0. The highest BCUT2D eigenvalue weighted by molar-refractivity contribution is 8.01. The fraction of sp³-hybridized carbons (Fsp3) is 0.526. The lowest BCUT2D eigenvalue weighted by Gasteiger charge is -2.22. The number of carbonyl (C=O) groups excluding carboxylic acids is 1. The molecule has 142 valence electrons. The summed E-state index contributed by atoms with van der Waals surface area (Å²) in [5.74, 6) is 0.386. The van der Waals surface area contributed by atoms with Crippen LogP contribution in [0.3, 0.4) is 0 Å². The smallest absolute Gasteiger partial charge is 0.230 e. The van der Waals surface area contributed by atoms with Gasteiger partial charge in [-0.15, -0.1) is 10.2 Å². The Hall–Kier alpha value is -1.60. The van der Waals surface area contributed by atoms with E-state index in [1.165, 1.54) is 45.4 Å². The highest BCUT2D eigenvalue weighted by atomic mass is 32.2. The molecule has 2 rings (SSSR count). The number of hydrogen-bond acceptors (Lipinski definition) is 6. The number of hydrogen-bond donors (Lipinski definition) is 2. The van der Waals surface area contributed by atoms with E-state index in [4.69, 9.17) is 0 Å². The summed E-state index contributed by atoms with van der Waals surface area (Å²) in [6, 6.07) is 4.55. The van der Waals surface area contributed by atoms with Gasteiger partial charge in [-0.3, -0.25) is 4.79 Å². The van der Waals surface area contributed by atoms with Crippen molar-refractivity contribution < 1.29 is 4.79 Å². The maximum absolute atomic E-state index is 12.0. The molecular weight excluding hydrogens is 364 g/mol. The van der Waals surface area contributed by atoms with Crippen molar-refractivity contribution in [3.8, 4) is 0 Å². The molecule has 26 heavy (non-hydrogen) atoms. The molecule has 0 radical (unpaired) electrons. The van der Waals surface area contributed by atoms with E-state index in [1.807, 2.05) is 0 Å². The number of aryl methyl sites for hydroxylation is 2. The van der Waals surface area contributed by atoms with Crippen LogP contribution in [0.2, 0.25) is 0 Å². The van der Waals surface area contributed by atoms with Crippen molar-refractivity contribution in [3.63, 3.8) is 0 Å². The molecule has 0 bridgehead atoms. The van der Waals surface area contributed by atoms with E-state index in [-0.39, 0.29) is 11.3 Å². The summed E-state index contributed by atoms with van der Waals surface area (Å²) >= 11 is 2.87. The number of amides is 1. The van der Waals surface area contributed by atoms with Gasteiger partial charge >= 0.3 is 0 Å². The Balaban J connectivity index is 1.84. The van der Waals surface area contributed by atoms with Gasteiger partial charge in [-0.1, -0.05) is 56.0 Å². The molecule has 0 unspecified atom stereocenters. The zero-order valence-electron chi connectivity index (χ0n) is 16.4. The minimum absolute atomic E-state index is 0.0258. The summed E-state index contributed by atoms with van der Waals surface area (Å²) in [5.41, 5.74) is 5.43. The second-order valence-corrected chi connectivity index (χ2v) is 9.55. The van der Waals surface area contributed by atoms with Gasteiger partial charge in [0.2, 0.25) is 11.0 Å². The molecule has 0 aliphatic carbocycles. The zero-order chi connectivity index (χ0) is 19.3. The second-order valence-electron chi connectivity index (χ2n) is 7.35. The van der Waals surface area contributed by atoms with Gasteiger partial charge in [0.15, 0.2) is 4.34 Å². The molecule has 0 saturated heterocycles. The first-order valence-corrected chi connectivity index (χ1v) is 10.5. The van der Waals surface area contributed by atoms with E-state index in [1.54, 1.807) is 7.05 Å². The van der Waals surface area contributed by atoms with Crippen LogP contribution in [0.1, 0.15) is 43.0 Å². The predicted octanol–water partition coefficient (Wildman–Crippen LogP) is 3.95. The van der Waals surface area contributed by atoms with Gasteiger partial charge in [0.05, 0.1) is 5.75 Å². The summed E-state index contributed by atoms with van der Waals surface area (Å²) in [5, 5.41) is 14.7. The molecular formula is C19H28N4OS2. The molecule has 1 aromatic carbocycles. The van der Waals surface area contributed by atoms with Crippen LogP contribution in [-0.4, -0.2) is 35.4 Å². The number of aromatic nitrogens is 2. The highest BCUT2D eigenvalue weighted by Crippen LogP contribution is 2.27. The molecule has 0 atom stereocenters. The van der Waals surface area contributed by atoms with Crippen LogP contribution in [0, 0.1) is 13.8 Å². The predicted molar refractivity (Wildman–Crippen MR) is 112 cm³/mol. The Morgan fingerprint density at radius 3 is 2.38 bits per heavy atom. The molecule has 5 nitrogen and oxygen atoms in total. The zero-order valence-corrected chi connectivity index (χ0v) is 18.0. The van der Waals surface area contributed by atoms with E-state index in [0.717, 1.165) is 15.9 Å². The monoisotopic (exact) mass is 392 g/mol. The third-order valence-electron chi connectivity index (χ3n) is 4.21. The average molecular weight is 393 g/mol. The van der Waals surface area contributed by atoms with Gasteiger partial charge in [0.1, 0.15) is 0 Å². The van der Waals surface area contributed by atoms with Crippen molar-refractivity contribution in [1.29, 1.82) is 0 Å². The van der Waals surface area contributed by atoms with Gasteiger partial charge < -0.3 is 10.6 Å². The second kappa shape index (κ2) is 8.86. The first-order chi connectivity index (χ1) is 12.2. The number of carbonyl (C=O) groups is 1. The summed E-state index contributed by atoms with van der Waals surface area (Å²) in [6.45, 7) is 11.7. The largest absolute Gasteiger partial charge is 0.363 e. The lowest BCUT2D eigenvalue weighted by Crippen LogP contribution is -2.27. The Morgan fingerprint density at radius 2 is 1.85 bits per heavy atom. The van der Waals surface area contributed by atoms with Crippen molar-refractivity contribution in [2.45, 2.75) is 50.8 Å². The number of thioether (sulfide) groups is 1. The molecule has 7 heteroatoms. The van der Waals surface area contributed by atoms with Crippen LogP contribution in [0.5, 0.6) is 0 Å². The molecule has 1 heterocycles. The third kappa shape index (κ3) is 5.71.